The van der Waals surface area contributed by atoms with E-state index >= 15 is 0 Å². The third-order valence-electron chi connectivity index (χ3n) is 8.27. The van der Waals surface area contributed by atoms with Gasteiger partial charge in [0.15, 0.2) is 24.7 Å². The zero-order valence-corrected chi connectivity index (χ0v) is 27.3. The third kappa shape index (κ3) is 8.41. The third-order valence-corrected chi connectivity index (χ3v) is 8.27. The average Bonchev–Trinajstić information content (AvgIpc) is 2.98. The Hall–Kier alpha value is -3.62. The molecule has 0 saturated carbocycles. The Balaban J connectivity index is 1.57. The van der Waals surface area contributed by atoms with Crippen LogP contribution in [0.25, 0.3) is 0 Å². The molecular weight excluding hydrogens is 652 g/mol. The first kappa shape index (κ1) is 38.2. The van der Waals surface area contributed by atoms with E-state index in [1.54, 1.807) is 4.90 Å². The van der Waals surface area contributed by atoms with E-state index in [1.807, 2.05) is 0 Å². The Morgan fingerprint density at radius 2 is 0.959 bits per heavy atom. The topological polar surface area (TPSA) is 286 Å². The number of rotatable bonds is 19. The van der Waals surface area contributed by atoms with Crippen molar-refractivity contribution in [2.24, 2.45) is 0 Å². The van der Waals surface area contributed by atoms with E-state index < -0.39 is 88.4 Å². The minimum absolute atomic E-state index is 0.00362. The number of carbonyl (C=O) groups is 6. The summed E-state index contributed by atoms with van der Waals surface area (Å²) in [7, 11) is -4.54. The molecule has 0 aromatic heterocycles. The first-order valence-corrected chi connectivity index (χ1v) is 15.5. The number of hydrogen-bond acceptors (Lipinski definition) is 17. The fourth-order valence-electron chi connectivity index (χ4n) is 5.81. The van der Waals surface area contributed by atoms with Crippen molar-refractivity contribution in [3.05, 3.63) is 12.2 Å². The molecule has 266 valence electrons. The van der Waals surface area contributed by atoms with E-state index in [-0.39, 0.29) is 39.3 Å². The number of nitrogens with zero attached hydrogens (tertiary/aromatic N) is 7. The van der Waals surface area contributed by atoms with Crippen LogP contribution in [0, 0.1) is 0 Å². The van der Waals surface area contributed by atoms with Crippen LogP contribution in [0.4, 0.5) is 0 Å². The summed E-state index contributed by atoms with van der Waals surface area (Å²) in [5, 5.41) is 52.3. The molecule has 4 rings (SSSR count). The molecule has 4 aliphatic rings. The lowest BCUT2D eigenvalue weighted by molar-refractivity contribution is -0.178. The Morgan fingerprint density at radius 3 is 1.22 bits per heavy atom. The first-order valence-electron chi connectivity index (χ1n) is 15.5. The number of nitrogens with one attached hydrogen (secondary N) is 5. The van der Waals surface area contributed by atoms with Gasteiger partial charge in [0.1, 0.15) is 0 Å². The normalized spacial score (nSPS) is 24.4. The Morgan fingerprint density at radius 1 is 0.633 bits per heavy atom. The van der Waals surface area contributed by atoms with Gasteiger partial charge in [-0.2, -0.15) is 0 Å². The van der Waals surface area contributed by atoms with Crippen molar-refractivity contribution in [3.63, 3.8) is 0 Å². The van der Waals surface area contributed by atoms with Crippen LogP contribution in [0.1, 0.15) is 0 Å². The molecule has 49 heavy (non-hydrogen) atoms. The molecule has 0 bridgehead atoms. The SMILES string of the molecule is CB(O)N1NC(=O)C1N(CCN(CCNC(=O)/C=C\C(=O)O)CCN(C1C(=O)NN1B(C)O)C1C(=O)NN1B(C)O)C1C(=O)NN1B(C)O. The van der Waals surface area contributed by atoms with Crippen LogP contribution in [-0.2, 0) is 28.8 Å². The predicted molar refractivity (Wildman–Crippen MR) is 170 cm³/mol. The maximum absolute atomic E-state index is 12.7. The summed E-state index contributed by atoms with van der Waals surface area (Å²) >= 11 is 0. The van der Waals surface area contributed by atoms with Gasteiger partial charge in [-0.15, -0.1) is 0 Å². The second kappa shape index (κ2) is 15.9. The Kier molecular flexibility index (Phi) is 12.4. The quantitative estimate of drug-likeness (QED) is 0.0444. The van der Waals surface area contributed by atoms with E-state index in [9.17, 15) is 48.9 Å². The molecule has 23 nitrogen and oxygen atoms in total. The smallest absolute Gasteiger partial charge is 0.397 e. The van der Waals surface area contributed by atoms with Crippen LogP contribution in [-0.4, -0.2) is 187 Å². The number of carboxylic acids is 1. The highest BCUT2D eigenvalue weighted by atomic mass is 16.4. The summed E-state index contributed by atoms with van der Waals surface area (Å²) in [4.78, 5) is 83.5. The van der Waals surface area contributed by atoms with Crippen molar-refractivity contribution >= 4 is 63.7 Å². The summed E-state index contributed by atoms with van der Waals surface area (Å²) in [6.45, 7) is 5.96. The first-order chi connectivity index (χ1) is 23.0. The largest absolute Gasteiger partial charge is 0.478 e. The fraction of sp³-hybridized carbons (Fsp3) is 0.636. The van der Waals surface area contributed by atoms with Gasteiger partial charge in [0.2, 0.25) is 5.91 Å². The zero-order chi connectivity index (χ0) is 36.3. The second-order valence-corrected chi connectivity index (χ2v) is 11.8. The van der Waals surface area contributed by atoms with Gasteiger partial charge >= 0.3 is 34.2 Å². The molecule has 0 aromatic carbocycles. The van der Waals surface area contributed by atoms with Gasteiger partial charge < -0.3 is 30.5 Å². The van der Waals surface area contributed by atoms with Gasteiger partial charge in [-0.25, -0.2) is 24.5 Å². The van der Waals surface area contributed by atoms with Crippen LogP contribution in [0.15, 0.2) is 12.2 Å². The highest BCUT2D eigenvalue weighted by Gasteiger charge is 2.56. The predicted octanol–water partition coefficient (Wildman–Crippen LogP) is -8.22. The number of carbonyl (C=O) groups excluding carboxylic acids is 5. The van der Waals surface area contributed by atoms with Crippen LogP contribution < -0.4 is 27.0 Å². The Bertz CT molecular complexity index is 1190. The molecule has 0 aliphatic carbocycles. The number of amides is 5. The van der Waals surface area contributed by atoms with E-state index in [4.69, 9.17) is 5.11 Å². The van der Waals surface area contributed by atoms with Gasteiger partial charge in [-0.1, -0.05) is 0 Å². The molecule has 0 radical (unpaired) electrons. The molecule has 4 atom stereocenters. The maximum atomic E-state index is 12.7. The van der Waals surface area contributed by atoms with E-state index in [0.717, 1.165) is 6.08 Å². The molecule has 4 unspecified atom stereocenters. The van der Waals surface area contributed by atoms with Crippen molar-refractivity contribution < 1.29 is 54.0 Å². The van der Waals surface area contributed by atoms with Crippen molar-refractivity contribution in [1.82, 2.24) is 61.4 Å². The summed E-state index contributed by atoms with van der Waals surface area (Å²) in [5.41, 5.74) is 9.85. The molecule has 27 heteroatoms. The number of hydrogen-bond donors (Lipinski definition) is 10. The number of carboxylic acid groups (broad SMARTS) is 1. The highest BCUT2D eigenvalue weighted by Crippen LogP contribution is 2.25. The standard InChI is InChI=1S/C22H40B4N12O11/c1-23(46)35-19(15(42)28-35)33(20-16(43)29-36(20)24(2)47)11-9-32(8-7-27-13(39)5-6-14(40)41)10-12-34(21-17(44)30-37(21)25(3)48)22-18(45)31-38(22)26(4)49/h5-6,19-22,46-49H,7-12H2,1-4H3,(H,27,39)(H,28,42)(H,29,43)(H,30,44)(H,31,45)(H,40,41)/b6-5-. The average molecular weight is 692 g/mol. The van der Waals surface area contributed by atoms with Gasteiger partial charge in [0, 0.05) is 51.4 Å². The van der Waals surface area contributed by atoms with Crippen LogP contribution in [0.5, 0.6) is 0 Å². The summed E-state index contributed by atoms with van der Waals surface area (Å²) in [5.74, 6) is -4.03. The monoisotopic (exact) mass is 692 g/mol. The molecule has 4 heterocycles. The molecule has 4 fully saturated rings. The minimum atomic E-state index is -1.31. The van der Waals surface area contributed by atoms with Crippen LogP contribution in [0.2, 0.25) is 27.3 Å². The number of aliphatic carboxylic acids is 1. The van der Waals surface area contributed by atoms with Crippen molar-refractivity contribution in [2.75, 3.05) is 39.3 Å². The molecule has 5 amide bonds. The minimum Gasteiger partial charge on any atom is -0.478 e. The lowest BCUT2D eigenvalue weighted by Crippen LogP contribution is -2.84. The second-order valence-electron chi connectivity index (χ2n) is 11.8. The van der Waals surface area contributed by atoms with Gasteiger partial charge in [-0.05, 0) is 27.3 Å². The number of hydrazine groups is 4. The van der Waals surface area contributed by atoms with Crippen molar-refractivity contribution in [1.29, 1.82) is 0 Å². The molecule has 10 N–H and O–H groups in total. The summed E-state index contributed by atoms with van der Waals surface area (Å²) in [6, 6.07) is 0. The van der Waals surface area contributed by atoms with Crippen LogP contribution in [0.3, 0.4) is 0 Å². The fourth-order valence-corrected chi connectivity index (χ4v) is 5.81. The van der Waals surface area contributed by atoms with Crippen molar-refractivity contribution in [2.45, 2.75) is 52.0 Å². The van der Waals surface area contributed by atoms with Gasteiger partial charge in [0.25, 0.3) is 23.6 Å². The van der Waals surface area contributed by atoms with Gasteiger partial charge in [-0.3, -0.25) is 60.4 Å². The Labute approximate surface area is 282 Å². The van der Waals surface area contributed by atoms with E-state index in [2.05, 4.69) is 27.0 Å². The van der Waals surface area contributed by atoms with Crippen molar-refractivity contribution in [3.8, 4) is 0 Å². The molecule has 0 aromatic rings. The molecule has 0 spiro atoms. The van der Waals surface area contributed by atoms with Crippen LogP contribution >= 0.6 is 0 Å². The molecule has 4 saturated heterocycles. The lowest BCUT2D eigenvalue weighted by Gasteiger charge is -2.55. The van der Waals surface area contributed by atoms with E-state index in [1.165, 1.54) is 56.8 Å². The maximum Gasteiger partial charge on any atom is 0.397 e. The summed E-state index contributed by atoms with van der Waals surface area (Å²) in [6.07, 6.45) is -2.90. The zero-order valence-electron chi connectivity index (χ0n) is 27.3. The molecular formula is C22H40B4N12O11. The van der Waals surface area contributed by atoms with E-state index in [0.29, 0.717) is 6.08 Å². The summed E-state index contributed by atoms with van der Waals surface area (Å²) < 4.78 is 0. The van der Waals surface area contributed by atoms with Gasteiger partial charge in [0.05, 0.1) is 0 Å². The molecule has 4 aliphatic heterocycles. The highest BCUT2D eigenvalue weighted by molar-refractivity contribution is 6.48. The lowest BCUT2D eigenvalue weighted by atomic mass is 9.83.